The number of hydrogen-bond acceptors (Lipinski definition) is 4. The number of nitrogens with zero attached hydrogens (tertiary/aromatic N) is 1. The van der Waals surface area contributed by atoms with Gasteiger partial charge in [-0.05, 0) is 5.92 Å². The molecule has 0 heterocycles. The van der Waals surface area contributed by atoms with E-state index in [1.165, 1.54) is 7.05 Å². The Kier molecular flexibility index (Phi) is 5.28. The average Bonchev–Trinajstić information content (AvgIpc) is 2.77. The van der Waals surface area contributed by atoms with E-state index in [0.29, 0.717) is 18.6 Å². The molecule has 0 spiro atoms. The van der Waals surface area contributed by atoms with Crippen LogP contribution >= 0.6 is 0 Å². The van der Waals surface area contributed by atoms with Crippen molar-refractivity contribution in [1.29, 1.82) is 0 Å². The van der Waals surface area contributed by atoms with Crippen molar-refractivity contribution in [3.63, 3.8) is 0 Å². The molecule has 0 aromatic rings. The van der Waals surface area contributed by atoms with Crippen LogP contribution in [0, 0.1) is 11.8 Å². The smallest absolute Gasteiger partial charge is 0.237 e. The lowest BCUT2D eigenvalue weighted by Gasteiger charge is -2.15. The van der Waals surface area contributed by atoms with Crippen LogP contribution in [0.3, 0.4) is 0 Å². The summed E-state index contributed by atoms with van der Waals surface area (Å²) in [6.07, 6.45) is 5.32. The molecule has 1 rings (SSSR count). The van der Waals surface area contributed by atoms with Gasteiger partial charge in [-0.25, -0.2) is 5.84 Å². The molecule has 0 aromatic heterocycles. The zero-order valence-corrected chi connectivity index (χ0v) is 10.2. The number of ketones is 1. The van der Waals surface area contributed by atoms with Crippen molar-refractivity contribution in [3.8, 4) is 0 Å². The van der Waals surface area contributed by atoms with E-state index in [1.54, 1.807) is 0 Å². The second-order valence-corrected chi connectivity index (χ2v) is 4.77. The maximum Gasteiger partial charge on any atom is 0.237 e. The Morgan fingerprint density at radius 3 is 2.47 bits per heavy atom. The molecule has 1 saturated carbocycles. The highest BCUT2D eigenvalue weighted by Gasteiger charge is 2.26. The number of rotatable bonds is 6. The summed E-state index contributed by atoms with van der Waals surface area (Å²) in [5, 5.41) is 0.916. The van der Waals surface area contributed by atoms with Crippen molar-refractivity contribution in [1.82, 2.24) is 5.01 Å². The molecule has 2 N–H and O–H groups in total. The minimum Gasteiger partial charge on any atom is -0.303 e. The molecule has 5 nitrogen and oxygen atoms in total. The number of hydrazine groups is 1. The lowest BCUT2D eigenvalue weighted by Crippen LogP contribution is -2.36. The standard InChI is InChI=1S/C12H20N2O3/c1-14(13)12(17)7-10(8-15)11(16)6-9-4-2-3-5-9/h8-10H,2-7,13H2,1H3. The maximum absolute atomic E-state index is 11.8. The fourth-order valence-corrected chi connectivity index (χ4v) is 2.22. The number of carbonyl (C=O) groups excluding carboxylic acids is 3. The molecule has 1 amide bonds. The Labute approximate surface area is 101 Å². The molecule has 0 saturated heterocycles. The molecule has 96 valence electrons. The summed E-state index contributed by atoms with van der Waals surface area (Å²) >= 11 is 0. The molecule has 0 aliphatic heterocycles. The van der Waals surface area contributed by atoms with Crippen molar-refractivity contribution < 1.29 is 14.4 Å². The fraction of sp³-hybridized carbons (Fsp3) is 0.750. The lowest BCUT2D eigenvalue weighted by atomic mass is 9.92. The zero-order valence-electron chi connectivity index (χ0n) is 10.2. The van der Waals surface area contributed by atoms with E-state index < -0.39 is 5.92 Å². The van der Waals surface area contributed by atoms with Crippen molar-refractivity contribution >= 4 is 18.0 Å². The third-order valence-electron chi connectivity index (χ3n) is 3.33. The van der Waals surface area contributed by atoms with E-state index in [9.17, 15) is 14.4 Å². The molecule has 1 aliphatic carbocycles. The van der Waals surface area contributed by atoms with Crippen LogP contribution < -0.4 is 5.84 Å². The van der Waals surface area contributed by atoms with Crippen LogP contribution in [0.4, 0.5) is 0 Å². The van der Waals surface area contributed by atoms with Crippen LogP contribution in [0.25, 0.3) is 0 Å². The Morgan fingerprint density at radius 1 is 1.41 bits per heavy atom. The Hall–Kier alpha value is -1.23. The number of nitrogens with two attached hydrogens (primary N) is 1. The first-order valence-electron chi connectivity index (χ1n) is 6.04. The van der Waals surface area contributed by atoms with Gasteiger partial charge < -0.3 is 4.79 Å². The number of aldehydes is 1. The molecule has 1 fully saturated rings. The average molecular weight is 240 g/mol. The van der Waals surface area contributed by atoms with Gasteiger partial charge in [0.1, 0.15) is 12.1 Å². The van der Waals surface area contributed by atoms with Gasteiger partial charge in [0.05, 0.1) is 5.92 Å². The van der Waals surface area contributed by atoms with Crippen molar-refractivity contribution in [3.05, 3.63) is 0 Å². The number of hydrogen-bond donors (Lipinski definition) is 1. The molecule has 5 heteroatoms. The highest BCUT2D eigenvalue weighted by molar-refractivity contribution is 5.97. The summed E-state index contributed by atoms with van der Waals surface area (Å²) in [6, 6.07) is 0. The quantitative estimate of drug-likeness (QED) is 0.243. The number of carbonyl (C=O) groups is 3. The van der Waals surface area contributed by atoms with E-state index in [1.807, 2.05) is 0 Å². The molecular weight excluding hydrogens is 220 g/mol. The highest BCUT2D eigenvalue weighted by Crippen LogP contribution is 2.28. The summed E-state index contributed by atoms with van der Waals surface area (Å²) in [7, 11) is 1.41. The first-order chi connectivity index (χ1) is 8.04. The van der Waals surface area contributed by atoms with E-state index in [4.69, 9.17) is 5.84 Å². The third kappa shape index (κ3) is 4.26. The van der Waals surface area contributed by atoms with Gasteiger partial charge >= 0.3 is 0 Å². The maximum atomic E-state index is 11.8. The van der Waals surface area contributed by atoms with Gasteiger partial charge in [0.15, 0.2) is 0 Å². The summed E-state index contributed by atoms with van der Waals surface area (Å²) < 4.78 is 0. The summed E-state index contributed by atoms with van der Waals surface area (Å²) in [6.45, 7) is 0. The monoisotopic (exact) mass is 240 g/mol. The van der Waals surface area contributed by atoms with Gasteiger partial charge in [-0.15, -0.1) is 0 Å². The topological polar surface area (TPSA) is 80.5 Å². The van der Waals surface area contributed by atoms with Gasteiger partial charge in [-0.2, -0.15) is 0 Å². The zero-order chi connectivity index (χ0) is 12.8. The van der Waals surface area contributed by atoms with Gasteiger partial charge in [0.2, 0.25) is 5.91 Å². The van der Waals surface area contributed by atoms with E-state index in [0.717, 1.165) is 30.7 Å². The first kappa shape index (κ1) is 13.8. The summed E-state index contributed by atoms with van der Waals surface area (Å²) in [5.74, 6) is 4.32. The van der Waals surface area contributed by atoms with Gasteiger partial charge in [0, 0.05) is 19.9 Å². The minimum absolute atomic E-state index is 0.109. The van der Waals surface area contributed by atoms with Crippen molar-refractivity contribution in [2.45, 2.75) is 38.5 Å². The molecule has 1 unspecified atom stereocenters. The van der Waals surface area contributed by atoms with E-state index >= 15 is 0 Å². The predicted molar refractivity (Wildman–Crippen MR) is 62.7 cm³/mol. The number of amides is 1. The molecule has 1 aliphatic rings. The van der Waals surface area contributed by atoms with Crippen LogP contribution in [0.1, 0.15) is 38.5 Å². The van der Waals surface area contributed by atoms with E-state index in [2.05, 4.69) is 0 Å². The van der Waals surface area contributed by atoms with Crippen molar-refractivity contribution in [2.75, 3.05) is 7.05 Å². The predicted octanol–water partition coefficient (Wildman–Crippen LogP) is 0.673. The lowest BCUT2D eigenvalue weighted by molar-refractivity contribution is -0.137. The van der Waals surface area contributed by atoms with Crippen molar-refractivity contribution in [2.24, 2.45) is 17.7 Å². The van der Waals surface area contributed by atoms with Crippen LogP contribution in [0.2, 0.25) is 0 Å². The second kappa shape index (κ2) is 6.49. The molecule has 1 atom stereocenters. The summed E-state index contributed by atoms with van der Waals surface area (Å²) in [5.41, 5.74) is 0. The van der Waals surface area contributed by atoms with E-state index in [-0.39, 0.29) is 18.1 Å². The molecule has 0 aromatic carbocycles. The van der Waals surface area contributed by atoms with Crippen LogP contribution in [0.15, 0.2) is 0 Å². The second-order valence-electron chi connectivity index (χ2n) is 4.77. The van der Waals surface area contributed by atoms with Crippen LogP contribution in [-0.2, 0) is 14.4 Å². The number of Topliss-reactive ketones (excluding diaryl/α,β-unsaturated/α-hetero) is 1. The first-order valence-corrected chi connectivity index (χ1v) is 6.04. The summed E-state index contributed by atoms with van der Waals surface area (Å²) in [4.78, 5) is 34.0. The fourth-order valence-electron chi connectivity index (χ4n) is 2.22. The molecule has 0 bridgehead atoms. The van der Waals surface area contributed by atoms with Gasteiger partial charge in [0.25, 0.3) is 0 Å². The third-order valence-corrected chi connectivity index (χ3v) is 3.33. The molecular formula is C12H20N2O3. The SMILES string of the molecule is CN(N)C(=O)CC(C=O)C(=O)CC1CCCC1. The van der Waals surface area contributed by atoms with Crippen LogP contribution in [-0.4, -0.2) is 30.0 Å². The Bertz CT molecular complexity index is 296. The molecule has 0 radical (unpaired) electrons. The Morgan fingerprint density at radius 2 is 2.00 bits per heavy atom. The van der Waals surface area contributed by atoms with Gasteiger partial charge in [-0.3, -0.25) is 14.6 Å². The largest absolute Gasteiger partial charge is 0.303 e. The van der Waals surface area contributed by atoms with Gasteiger partial charge in [-0.1, -0.05) is 25.7 Å². The normalized spacial score (nSPS) is 17.8. The highest BCUT2D eigenvalue weighted by atomic mass is 16.2. The van der Waals surface area contributed by atoms with Crippen LogP contribution in [0.5, 0.6) is 0 Å². The molecule has 17 heavy (non-hydrogen) atoms. The minimum atomic E-state index is -0.825. The Balaban J connectivity index is 2.45.